The van der Waals surface area contributed by atoms with Crippen LogP contribution in [-0.2, 0) is 11.0 Å². The molecule has 0 radical (unpaired) electrons. The Balaban J connectivity index is 1.46. The molecule has 5 aromatic rings. The molecule has 1 heterocycles. The molecule has 44 heavy (non-hydrogen) atoms. The molecule has 4 heteroatoms. The number of unbranched alkanes of at least 4 members (excludes halogenated alkanes) is 1. The normalized spacial score (nSPS) is 17.5. The lowest BCUT2D eigenvalue weighted by molar-refractivity contribution is 0.163. The summed E-state index contributed by atoms with van der Waals surface area (Å²) < 4.78 is 20.0. The lowest BCUT2D eigenvalue weighted by atomic mass is 9.76. The van der Waals surface area contributed by atoms with E-state index in [0.717, 1.165) is 56.6 Å². The zero-order valence-electron chi connectivity index (χ0n) is 26.0. The first-order valence-electron chi connectivity index (χ1n) is 15.4. The van der Waals surface area contributed by atoms with Gasteiger partial charge in [-0.2, -0.15) is 0 Å². The first kappa shape index (κ1) is 28.7. The molecule has 1 aliphatic heterocycles. The molecule has 0 saturated heterocycles. The molecule has 2 aliphatic rings. The molecule has 0 bridgehead atoms. The Morgan fingerprint density at radius 3 is 2.20 bits per heavy atom. The minimum Gasteiger partial charge on any atom is -0.497 e. The van der Waals surface area contributed by atoms with Gasteiger partial charge in [0.2, 0.25) is 0 Å². The minimum absolute atomic E-state index is 0.192. The van der Waals surface area contributed by atoms with Crippen LogP contribution in [0.15, 0.2) is 95.5 Å². The van der Waals surface area contributed by atoms with E-state index in [1.807, 2.05) is 12.1 Å². The van der Waals surface area contributed by atoms with E-state index >= 15 is 0 Å². The summed E-state index contributed by atoms with van der Waals surface area (Å²) in [7, 11) is 1.70. The summed E-state index contributed by atoms with van der Waals surface area (Å²) >= 11 is 3.78. The third-order valence-electron chi connectivity index (χ3n) is 9.32. The van der Waals surface area contributed by atoms with Crippen molar-refractivity contribution in [1.82, 2.24) is 0 Å². The molecule has 0 amide bonds. The minimum atomic E-state index is -0.846. The predicted molar refractivity (Wildman–Crippen MR) is 184 cm³/mol. The standard InChI is InChI=1S/C40H37BrO3/c1-6-7-22-43-30-16-11-27(12-17-30)40(26-9-14-29(42-5)15-10-26)21-20-33-37-36(32-18-8-25(2)23-35(32)39(37,3)4)34-24-28(41)13-19-31(34)38(33)44-40/h8-21,23-24H,6-7,22H2,1-5H3. The quantitative estimate of drug-likeness (QED) is 0.165. The van der Waals surface area contributed by atoms with Crippen molar-refractivity contribution in [2.24, 2.45) is 0 Å². The molecule has 5 aromatic carbocycles. The summed E-state index contributed by atoms with van der Waals surface area (Å²) in [6.07, 6.45) is 6.68. The molecular weight excluding hydrogens is 608 g/mol. The molecule has 1 atom stereocenters. The highest BCUT2D eigenvalue weighted by Gasteiger charge is 2.44. The topological polar surface area (TPSA) is 27.7 Å². The van der Waals surface area contributed by atoms with Gasteiger partial charge in [0.05, 0.1) is 13.7 Å². The Hall–Kier alpha value is -4.02. The average molecular weight is 646 g/mol. The number of rotatable bonds is 7. The van der Waals surface area contributed by atoms with Crippen LogP contribution in [0.2, 0.25) is 0 Å². The van der Waals surface area contributed by atoms with Crippen LogP contribution in [0.3, 0.4) is 0 Å². The summed E-state index contributed by atoms with van der Waals surface area (Å²) in [6.45, 7) is 9.76. The largest absolute Gasteiger partial charge is 0.497 e. The van der Waals surface area contributed by atoms with Crippen molar-refractivity contribution >= 4 is 32.8 Å². The summed E-state index contributed by atoms with van der Waals surface area (Å²) in [6, 6.07) is 30.0. The maximum absolute atomic E-state index is 7.41. The lowest BCUT2D eigenvalue weighted by Crippen LogP contribution is -2.35. The first-order valence-corrected chi connectivity index (χ1v) is 16.2. The Labute approximate surface area is 268 Å². The SMILES string of the molecule is CCCCOc1ccc(C2(c3ccc(OC)cc3)C=Cc3c4c(c5cc(Br)ccc5c3O2)-c2ccc(C)cc2C4(C)C)cc1. The van der Waals surface area contributed by atoms with Gasteiger partial charge >= 0.3 is 0 Å². The van der Waals surface area contributed by atoms with Crippen molar-refractivity contribution in [2.45, 2.75) is 51.6 Å². The second-order valence-corrected chi connectivity index (χ2v) is 13.4. The summed E-state index contributed by atoms with van der Waals surface area (Å²) in [5.74, 6) is 2.59. The van der Waals surface area contributed by atoms with Gasteiger partial charge in [0.15, 0.2) is 5.60 Å². The lowest BCUT2D eigenvalue weighted by Gasteiger charge is -2.38. The van der Waals surface area contributed by atoms with E-state index in [1.165, 1.54) is 33.2 Å². The Kier molecular flexibility index (Phi) is 7.09. The molecule has 7 rings (SSSR count). The maximum atomic E-state index is 7.41. The third-order valence-corrected chi connectivity index (χ3v) is 9.81. The molecule has 0 fully saturated rings. The fourth-order valence-corrected chi connectivity index (χ4v) is 7.38. The molecule has 222 valence electrons. The number of hydrogen-bond donors (Lipinski definition) is 0. The summed E-state index contributed by atoms with van der Waals surface area (Å²) in [5.41, 5.74) is 8.75. The van der Waals surface area contributed by atoms with Crippen LogP contribution in [0.4, 0.5) is 0 Å². The number of benzene rings is 5. The van der Waals surface area contributed by atoms with E-state index < -0.39 is 5.60 Å². The van der Waals surface area contributed by atoms with E-state index in [0.29, 0.717) is 6.61 Å². The average Bonchev–Trinajstić information content (AvgIpc) is 3.27. The molecular formula is C40H37BrO3. The van der Waals surface area contributed by atoms with Gasteiger partial charge in [-0.05, 0) is 89.5 Å². The molecule has 1 aliphatic carbocycles. The van der Waals surface area contributed by atoms with Gasteiger partial charge in [0, 0.05) is 32.0 Å². The fourth-order valence-electron chi connectivity index (χ4n) is 7.02. The second-order valence-electron chi connectivity index (χ2n) is 12.5. The van der Waals surface area contributed by atoms with E-state index in [9.17, 15) is 0 Å². The zero-order chi connectivity index (χ0) is 30.6. The number of methoxy groups -OCH3 is 1. The van der Waals surface area contributed by atoms with Crippen molar-refractivity contribution in [3.8, 4) is 28.4 Å². The van der Waals surface area contributed by atoms with Crippen LogP contribution in [0.1, 0.15) is 67.0 Å². The number of ether oxygens (including phenoxy) is 3. The highest BCUT2D eigenvalue weighted by molar-refractivity contribution is 9.10. The number of halogens is 1. The van der Waals surface area contributed by atoms with Crippen LogP contribution in [-0.4, -0.2) is 13.7 Å². The van der Waals surface area contributed by atoms with Crippen LogP contribution >= 0.6 is 15.9 Å². The Morgan fingerprint density at radius 1 is 0.818 bits per heavy atom. The van der Waals surface area contributed by atoms with Crippen LogP contribution in [0, 0.1) is 6.92 Å². The monoisotopic (exact) mass is 644 g/mol. The highest BCUT2D eigenvalue weighted by atomic mass is 79.9. The molecule has 3 nitrogen and oxygen atoms in total. The van der Waals surface area contributed by atoms with Gasteiger partial charge in [-0.25, -0.2) is 0 Å². The van der Waals surface area contributed by atoms with Crippen molar-refractivity contribution < 1.29 is 14.2 Å². The van der Waals surface area contributed by atoms with Crippen LogP contribution in [0.25, 0.3) is 28.0 Å². The molecule has 1 unspecified atom stereocenters. The van der Waals surface area contributed by atoms with Crippen molar-refractivity contribution in [2.75, 3.05) is 13.7 Å². The van der Waals surface area contributed by atoms with Crippen molar-refractivity contribution in [3.63, 3.8) is 0 Å². The van der Waals surface area contributed by atoms with Gasteiger partial charge in [-0.1, -0.05) is 97.2 Å². The Morgan fingerprint density at radius 2 is 1.52 bits per heavy atom. The van der Waals surface area contributed by atoms with Gasteiger partial charge in [0.1, 0.15) is 17.2 Å². The number of hydrogen-bond acceptors (Lipinski definition) is 3. The molecule has 0 spiro atoms. The van der Waals surface area contributed by atoms with E-state index in [-0.39, 0.29) is 5.41 Å². The highest BCUT2D eigenvalue weighted by Crippen LogP contribution is 2.58. The van der Waals surface area contributed by atoms with E-state index in [4.69, 9.17) is 14.2 Å². The van der Waals surface area contributed by atoms with Crippen LogP contribution in [0.5, 0.6) is 17.2 Å². The summed E-state index contributed by atoms with van der Waals surface area (Å²) in [5, 5.41) is 2.30. The van der Waals surface area contributed by atoms with Gasteiger partial charge in [-0.3, -0.25) is 0 Å². The van der Waals surface area contributed by atoms with Gasteiger partial charge in [-0.15, -0.1) is 0 Å². The number of fused-ring (bicyclic) bond motifs is 8. The molecule has 0 N–H and O–H groups in total. The zero-order valence-corrected chi connectivity index (χ0v) is 27.5. The van der Waals surface area contributed by atoms with Gasteiger partial charge in [0.25, 0.3) is 0 Å². The second kappa shape index (κ2) is 10.9. The first-order chi connectivity index (χ1) is 21.3. The summed E-state index contributed by atoms with van der Waals surface area (Å²) in [4.78, 5) is 0. The number of aryl methyl sites for hydroxylation is 1. The van der Waals surface area contributed by atoms with Crippen molar-refractivity contribution in [1.29, 1.82) is 0 Å². The molecule has 0 saturated carbocycles. The van der Waals surface area contributed by atoms with Crippen molar-refractivity contribution in [3.05, 3.63) is 129 Å². The Bertz CT molecular complexity index is 1920. The van der Waals surface area contributed by atoms with Crippen LogP contribution < -0.4 is 14.2 Å². The predicted octanol–water partition coefficient (Wildman–Crippen LogP) is 10.8. The maximum Gasteiger partial charge on any atom is 0.178 e. The third kappa shape index (κ3) is 4.45. The van der Waals surface area contributed by atoms with E-state index in [2.05, 4.69) is 129 Å². The molecule has 0 aromatic heterocycles. The van der Waals surface area contributed by atoms with Gasteiger partial charge < -0.3 is 14.2 Å². The smallest absolute Gasteiger partial charge is 0.178 e. The fraction of sp³-hybridized carbons (Fsp3) is 0.250. The van der Waals surface area contributed by atoms with E-state index in [1.54, 1.807) is 7.11 Å².